The SMILES string of the molecule is CCCCC(NCC)c1c(F)cc(OC)cc1F. The Labute approximate surface area is 107 Å². The van der Waals surface area contributed by atoms with Crippen molar-refractivity contribution in [3.63, 3.8) is 0 Å². The highest BCUT2D eigenvalue weighted by Crippen LogP contribution is 2.28. The highest BCUT2D eigenvalue weighted by Gasteiger charge is 2.20. The van der Waals surface area contributed by atoms with Crippen molar-refractivity contribution in [3.05, 3.63) is 29.3 Å². The van der Waals surface area contributed by atoms with Gasteiger partial charge in [0.2, 0.25) is 0 Å². The first kappa shape index (κ1) is 14.9. The Morgan fingerprint density at radius 2 is 1.83 bits per heavy atom. The predicted octanol–water partition coefficient (Wildman–Crippen LogP) is 3.81. The molecule has 0 fully saturated rings. The van der Waals surface area contributed by atoms with Crippen LogP contribution in [0.1, 0.15) is 44.7 Å². The van der Waals surface area contributed by atoms with E-state index in [1.54, 1.807) is 0 Å². The Balaban J connectivity index is 3.02. The smallest absolute Gasteiger partial charge is 0.134 e. The topological polar surface area (TPSA) is 21.3 Å². The summed E-state index contributed by atoms with van der Waals surface area (Å²) in [6.07, 6.45) is 2.66. The lowest BCUT2D eigenvalue weighted by molar-refractivity contribution is 0.397. The molecule has 0 bridgehead atoms. The molecule has 4 heteroatoms. The lowest BCUT2D eigenvalue weighted by Gasteiger charge is -2.20. The average molecular weight is 257 g/mol. The van der Waals surface area contributed by atoms with Crippen LogP contribution in [0.25, 0.3) is 0 Å². The third kappa shape index (κ3) is 3.67. The molecular weight excluding hydrogens is 236 g/mol. The molecule has 0 aromatic heterocycles. The third-order valence-corrected chi connectivity index (χ3v) is 2.93. The molecule has 1 unspecified atom stereocenters. The summed E-state index contributed by atoms with van der Waals surface area (Å²) in [5.74, 6) is -0.887. The van der Waals surface area contributed by atoms with Gasteiger partial charge in [-0.05, 0) is 13.0 Å². The van der Waals surface area contributed by atoms with E-state index >= 15 is 0 Å². The summed E-state index contributed by atoms with van der Waals surface area (Å²) in [6.45, 7) is 4.67. The molecule has 2 nitrogen and oxygen atoms in total. The quantitative estimate of drug-likeness (QED) is 0.802. The molecule has 102 valence electrons. The standard InChI is InChI=1S/C14H21F2NO/c1-4-6-7-13(17-5-2)14-11(15)8-10(18-3)9-12(14)16/h8-9,13,17H,4-7H2,1-3H3. The number of benzene rings is 1. The normalized spacial score (nSPS) is 12.5. The minimum absolute atomic E-state index is 0.117. The second kappa shape index (κ2) is 7.31. The zero-order valence-electron chi connectivity index (χ0n) is 11.2. The van der Waals surface area contributed by atoms with E-state index in [2.05, 4.69) is 12.2 Å². The molecule has 18 heavy (non-hydrogen) atoms. The zero-order valence-corrected chi connectivity index (χ0v) is 11.2. The van der Waals surface area contributed by atoms with Gasteiger partial charge >= 0.3 is 0 Å². The van der Waals surface area contributed by atoms with Crippen molar-refractivity contribution in [3.8, 4) is 5.75 Å². The molecule has 0 aliphatic heterocycles. The molecule has 0 aliphatic carbocycles. The Morgan fingerprint density at radius 1 is 1.22 bits per heavy atom. The van der Waals surface area contributed by atoms with Gasteiger partial charge in [0, 0.05) is 23.7 Å². The van der Waals surface area contributed by atoms with Gasteiger partial charge in [-0.3, -0.25) is 0 Å². The van der Waals surface area contributed by atoms with Crippen LogP contribution in [0.5, 0.6) is 5.75 Å². The van der Waals surface area contributed by atoms with E-state index in [1.807, 2.05) is 6.92 Å². The summed E-state index contributed by atoms with van der Waals surface area (Å²) < 4.78 is 32.7. The maximum absolute atomic E-state index is 13.9. The summed E-state index contributed by atoms with van der Waals surface area (Å²) in [6, 6.07) is 2.18. The van der Waals surface area contributed by atoms with Gasteiger partial charge in [-0.2, -0.15) is 0 Å². The first-order chi connectivity index (χ1) is 8.63. The minimum atomic E-state index is -0.547. The lowest BCUT2D eigenvalue weighted by atomic mass is 9.99. The summed E-state index contributed by atoms with van der Waals surface area (Å²) in [5.41, 5.74) is 0.117. The second-order valence-electron chi connectivity index (χ2n) is 4.26. The van der Waals surface area contributed by atoms with Gasteiger partial charge in [0.05, 0.1) is 7.11 Å². The number of halogens is 2. The van der Waals surface area contributed by atoms with E-state index < -0.39 is 11.6 Å². The van der Waals surface area contributed by atoms with Crippen molar-refractivity contribution in [2.24, 2.45) is 0 Å². The molecule has 0 saturated carbocycles. The van der Waals surface area contributed by atoms with Crippen molar-refractivity contribution in [2.75, 3.05) is 13.7 Å². The van der Waals surface area contributed by atoms with Crippen LogP contribution in [-0.4, -0.2) is 13.7 Å². The first-order valence-electron chi connectivity index (χ1n) is 6.40. The highest BCUT2D eigenvalue weighted by atomic mass is 19.1. The van der Waals surface area contributed by atoms with Crippen LogP contribution < -0.4 is 10.1 Å². The van der Waals surface area contributed by atoms with Gasteiger partial charge < -0.3 is 10.1 Å². The minimum Gasteiger partial charge on any atom is -0.497 e. The predicted molar refractivity (Wildman–Crippen MR) is 68.9 cm³/mol. The number of methoxy groups -OCH3 is 1. The molecule has 0 spiro atoms. The molecule has 0 amide bonds. The van der Waals surface area contributed by atoms with E-state index in [9.17, 15) is 8.78 Å². The molecule has 0 aliphatic rings. The fourth-order valence-electron chi connectivity index (χ4n) is 2.01. The molecule has 1 N–H and O–H groups in total. The van der Waals surface area contributed by atoms with Crippen molar-refractivity contribution in [2.45, 2.75) is 39.2 Å². The maximum Gasteiger partial charge on any atom is 0.134 e. The number of rotatable bonds is 7. The Bertz CT molecular complexity index is 359. The number of hydrogen-bond donors (Lipinski definition) is 1. The zero-order chi connectivity index (χ0) is 13.5. The highest BCUT2D eigenvalue weighted by molar-refractivity contribution is 5.32. The first-order valence-corrected chi connectivity index (χ1v) is 6.40. The fraction of sp³-hybridized carbons (Fsp3) is 0.571. The van der Waals surface area contributed by atoms with Crippen LogP contribution in [0.3, 0.4) is 0 Å². The van der Waals surface area contributed by atoms with Crippen LogP contribution >= 0.6 is 0 Å². The van der Waals surface area contributed by atoms with Gasteiger partial charge in [0.25, 0.3) is 0 Å². The van der Waals surface area contributed by atoms with Gasteiger partial charge in [-0.1, -0.05) is 26.7 Å². The Kier molecular flexibility index (Phi) is 6.05. The van der Waals surface area contributed by atoms with Crippen molar-refractivity contribution < 1.29 is 13.5 Å². The number of unbranched alkanes of at least 4 members (excludes halogenated alkanes) is 1. The molecule has 0 saturated heterocycles. The van der Waals surface area contributed by atoms with Gasteiger partial charge in [0.1, 0.15) is 17.4 Å². The Hall–Kier alpha value is -1.16. The van der Waals surface area contributed by atoms with E-state index in [1.165, 1.54) is 19.2 Å². The average Bonchev–Trinajstić information content (AvgIpc) is 2.34. The molecule has 1 rings (SSSR count). The second-order valence-corrected chi connectivity index (χ2v) is 4.26. The van der Waals surface area contributed by atoms with E-state index in [-0.39, 0.29) is 17.4 Å². The van der Waals surface area contributed by atoms with Crippen LogP contribution in [0, 0.1) is 11.6 Å². The number of hydrogen-bond acceptors (Lipinski definition) is 2. The lowest BCUT2D eigenvalue weighted by Crippen LogP contribution is -2.23. The monoisotopic (exact) mass is 257 g/mol. The van der Waals surface area contributed by atoms with Crippen LogP contribution in [0.2, 0.25) is 0 Å². The van der Waals surface area contributed by atoms with Crippen molar-refractivity contribution in [1.82, 2.24) is 5.32 Å². The van der Waals surface area contributed by atoms with E-state index in [4.69, 9.17) is 4.74 Å². The van der Waals surface area contributed by atoms with Crippen molar-refractivity contribution in [1.29, 1.82) is 0 Å². The van der Waals surface area contributed by atoms with Gasteiger partial charge in [-0.25, -0.2) is 8.78 Å². The number of ether oxygens (including phenoxy) is 1. The van der Waals surface area contributed by atoms with Crippen LogP contribution in [0.4, 0.5) is 8.78 Å². The third-order valence-electron chi connectivity index (χ3n) is 2.93. The summed E-state index contributed by atoms with van der Waals surface area (Å²) in [4.78, 5) is 0. The summed E-state index contributed by atoms with van der Waals surface area (Å²) in [7, 11) is 1.40. The molecular formula is C14H21F2NO. The van der Waals surface area contributed by atoms with Gasteiger partial charge in [0.15, 0.2) is 0 Å². The maximum atomic E-state index is 13.9. The van der Waals surface area contributed by atoms with Gasteiger partial charge in [-0.15, -0.1) is 0 Å². The molecule has 0 heterocycles. The molecule has 0 radical (unpaired) electrons. The van der Waals surface area contributed by atoms with Crippen molar-refractivity contribution >= 4 is 0 Å². The molecule has 1 aromatic rings. The van der Waals surface area contributed by atoms with Crippen LogP contribution in [0.15, 0.2) is 12.1 Å². The molecule has 1 atom stereocenters. The largest absolute Gasteiger partial charge is 0.497 e. The summed E-state index contributed by atoms with van der Waals surface area (Å²) >= 11 is 0. The summed E-state index contributed by atoms with van der Waals surface area (Å²) in [5, 5.41) is 3.13. The van der Waals surface area contributed by atoms with Crippen LogP contribution in [-0.2, 0) is 0 Å². The van der Waals surface area contributed by atoms with E-state index in [0.717, 1.165) is 19.3 Å². The molecule has 1 aromatic carbocycles. The van der Waals surface area contributed by atoms with E-state index in [0.29, 0.717) is 6.54 Å². The Morgan fingerprint density at radius 3 is 2.28 bits per heavy atom. The fourth-order valence-corrected chi connectivity index (χ4v) is 2.01. The number of nitrogens with one attached hydrogen (secondary N) is 1.